The van der Waals surface area contributed by atoms with Crippen LogP contribution in [0.3, 0.4) is 0 Å². The molecule has 1 unspecified atom stereocenters. The molecule has 1 aromatic rings. The zero-order chi connectivity index (χ0) is 14.4. The summed E-state index contributed by atoms with van der Waals surface area (Å²) in [5.41, 5.74) is 1.24. The van der Waals surface area contributed by atoms with Gasteiger partial charge in [0.25, 0.3) is 0 Å². The first kappa shape index (κ1) is 15.5. The summed E-state index contributed by atoms with van der Waals surface area (Å²) in [5, 5.41) is 3.43. The normalized spacial score (nSPS) is 18.4. The van der Waals surface area contributed by atoms with Crippen LogP contribution < -0.4 is 5.32 Å². The molecule has 2 rings (SSSR count). The SMILES string of the molecule is CCC(c1ccc(F)cc1)N(CC)CC1CCNCC1. The summed E-state index contributed by atoms with van der Waals surface area (Å²) in [6.07, 6.45) is 3.62. The molecule has 1 saturated heterocycles. The Kier molecular flexibility index (Phi) is 5.99. The van der Waals surface area contributed by atoms with Crippen molar-refractivity contribution < 1.29 is 4.39 Å². The molecule has 0 radical (unpaired) electrons. The monoisotopic (exact) mass is 278 g/mol. The third-order valence-electron chi connectivity index (χ3n) is 4.44. The number of halogens is 1. The molecule has 2 nitrogen and oxygen atoms in total. The Morgan fingerprint density at radius 3 is 2.40 bits per heavy atom. The summed E-state index contributed by atoms with van der Waals surface area (Å²) in [5.74, 6) is 0.649. The van der Waals surface area contributed by atoms with Crippen LogP contribution in [-0.4, -0.2) is 31.1 Å². The van der Waals surface area contributed by atoms with Crippen LogP contribution in [0.2, 0.25) is 0 Å². The van der Waals surface area contributed by atoms with Crippen molar-refractivity contribution in [3.05, 3.63) is 35.6 Å². The molecule has 1 fully saturated rings. The van der Waals surface area contributed by atoms with Crippen molar-refractivity contribution in [3.63, 3.8) is 0 Å². The zero-order valence-corrected chi connectivity index (χ0v) is 12.7. The summed E-state index contributed by atoms with van der Waals surface area (Å²) in [6.45, 7) is 8.96. The fraction of sp³-hybridized carbons (Fsp3) is 0.647. The zero-order valence-electron chi connectivity index (χ0n) is 12.7. The van der Waals surface area contributed by atoms with Crippen LogP contribution in [0.1, 0.15) is 44.7 Å². The fourth-order valence-electron chi connectivity index (χ4n) is 3.26. The summed E-state index contributed by atoms with van der Waals surface area (Å²) in [4.78, 5) is 2.56. The van der Waals surface area contributed by atoms with E-state index >= 15 is 0 Å². The van der Waals surface area contributed by atoms with Gasteiger partial charge in [-0.3, -0.25) is 4.90 Å². The van der Waals surface area contributed by atoms with E-state index in [0.29, 0.717) is 6.04 Å². The number of nitrogens with one attached hydrogen (secondary N) is 1. The number of hydrogen-bond donors (Lipinski definition) is 1. The highest BCUT2D eigenvalue weighted by Gasteiger charge is 2.22. The van der Waals surface area contributed by atoms with Gasteiger partial charge < -0.3 is 5.32 Å². The summed E-state index contributed by atoms with van der Waals surface area (Å²) < 4.78 is 13.1. The number of rotatable bonds is 6. The van der Waals surface area contributed by atoms with Gasteiger partial charge in [-0.25, -0.2) is 4.39 Å². The summed E-state index contributed by atoms with van der Waals surface area (Å²) in [6, 6.07) is 7.45. The molecule has 20 heavy (non-hydrogen) atoms. The van der Waals surface area contributed by atoms with E-state index in [9.17, 15) is 4.39 Å². The minimum Gasteiger partial charge on any atom is -0.317 e. The third-order valence-corrected chi connectivity index (χ3v) is 4.44. The molecule has 0 saturated carbocycles. The Morgan fingerprint density at radius 2 is 1.85 bits per heavy atom. The Labute approximate surface area is 122 Å². The van der Waals surface area contributed by atoms with Crippen LogP contribution in [0, 0.1) is 11.7 Å². The van der Waals surface area contributed by atoms with E-state index in [0.717, 1.165) is 38.5 Å². The maximum Gasteiger partial charge on any atom is 0.123 e. The number of hydrogen-bond acceptors (Lipinski definition) is 2. The Morgan fingerprint density at radius 1 is 1.20 bits per heavy atom. The van der Waals surface area contributed by atoms with E-state index in [2.05, 4.69) is 24.1 Å². The van der Waals surface area contributed by atoms with E-state index < -0.39 is 0 Å². The predicted octanol–water partition coefficient (Wildman–Crippen LogP) is 3.60. The van der Waals surface area contributed by atoms with E-state index in [4.69, 9.17) is 0 Å². The molecule has 1 aliphatic heterocycles. The highest BCUT2D eigenvalue weighted by molar-refractivity contribution is 5.20. The molecule has 1 atom stereocenters. The maximum atomic E-state index is 13.1. The van der Waals surface area contributed by atoms with Gasteiger partial charge in [0.05, 0.1) is 0 Å². The van der Waals surface area contributed by atoms with Crippen molar-refractivity contribution in [2.75, 3.05) is 26.2 Å². The van der Waals surface area contributed by atoms with Gasteiger partial charge in [-0.05, 0) is 62.5 Å². The fourth-order valence-corrected chi connectivity index (χ4v) is 3.26. The Balaban J connectivity index is 2.04. The van der Waals surface area contributed by atoms with Crippen LogP contribution in [0.5, 0.6) is 0 Å². The maximum absolute atomic E-state index is 13.1. The van der Waals surface area contributed by atoms with Gasteiger partial charge in [-0.2, -0.15) is 0 Å². The molecule has 0 amide bonds. The van der Waals surface area contributed by atoms with Gasteiger partial charge in [-0.15, -0.1) is 0 Å². The van der Waals surface area contributed by atoms with E-state index in [1.165, 1.54) is 18.4 Å². The van der Waals surface area contributed by atoms with Crippen molar-refractivity contribution in [1.82, 2.24) is 10.2 Å². The smallest absolute Gasteiger partial charge is 0.123 e. The number of nitrogens with zero attached hydrogens (tertiary/aromatic N) is 1. The molecule has 0 bridgehead atoms. The molecule has 0 aliphatic carbocycles. The van der Waals surface area contributed by atoms with Crippen LogP contribution in [0.4, 0.5) is 4.39 Å². The second kappa shape index (κ2) is 7.75. The highest BCUT2D eigenvalue weighted by atomic mass is 19.1. The predicted molar refractivity (Wildman–Crippen MR) is 82.3 cm³/mol. The van der Waals surface area contributed by atoms with Crippen LogP contribution in [0.25, 0.3) is 0 Å². The van der Waals surface area contributed by atoms with E-state index in [-0.39, 0.29) is 5.82 Å². The molecular formula is C17H27FN2. The lowest BCUT2D eigenvalue weighted by Crippen LogP contribution is -2.38. The summed E-state index contributed by atoms with van der Waals surface area (Å²) in [7, 11) is 0. The first-order valence-corrected chi connectivity index (χ1v) is 7.94. The van der Waals surface area contributed by atoms with Crippen LogP contribution in [-0.2, 0) is 0 Å². The minimum absolute atomic E-state index is 0.148. The van der Waals surface area contributed by atoms with Gasteiger partial charge in [0, 0.05) is 12.6 Å². The van der Waals surface area contributed by atoms with Gasteiger partial charge in [0.15, 0.2) is 0 Å². The van der Waals surface area contributed by atoms with Gasteiger partial charge in [0.2, 0.25) is 0 Å². The first-order chi connectivity index (χ1) is 9.74. The van der Waals surface area contributed by atoms with E-state index in [1.807, 2.05) is 12.1 Å². The van der Waals surface area contributed by atoms with Crippen molar-refractivity contribution in [2.45, 2.75) is 39.2 Å². The molecule has 1 heterocycles. The second-order valence-electron chi connectivity index (χ2n) is 5.76. The largest absolute Gasteiger partial charge is 0.317 e. The van der Waals surface area contributed by atoms with Crippen molar-refractivity contribution in [3.8, 4) is 0 Å². The molecular weight excluding hydrogens is 251 g/mol. The average molecular weight is 278 g/mol. The van der Waals surface area contributed by atoms with E-state index in [1.54, 1.807) is 12.1 Å². The molecule has 0 spiro atoms. The van der Waals surface area contributed by atoms with Gasteiger partial charge in [0.1, 0.15) is 5.82 Å². The minimum atomic E-state index is -0.148. The first-order valence-electron chi connectivity index (χ1n) is 7.94. The molecule has 1 aliphatic rings. The molecule has 1 aromatic carbocycles. The lowest BCUT2D eigenvalue weighted by molar-refractivity contribution is 0.155. The quantitative estimate of drug-likeness (QED) is 0.855. The van der Waals surface area contributed by atoms with Crippen LogP contribution in [0.15, 0.2) is 24.3 Å². The average Bonchev–Trinajstić information content (AvgIpc) is 2.49. The summed E-state index contributed by atoms with van der Waals surface area (Å²) >= 11 is 0. The molecule has 3 heteroatoms. The Hall–Kier alpha value is -0.930. The second-order valence-corrected chi connectivity index (χ2v) is 5.76. The highest BCUT2D eigenvalue weighted by Crippen LogP contribution is 2.26. The van der Waals surface area contributed by atoms with Gasteiger partial charge >= 0.3 is 0 Å². The third kappa shape index (κ3) is 4.03. The number of benzene rings is 1. The molecule has 112 valence electrons. The van der Waals surface area contributed by atoms with Crippen LogP contribution >= 0.6 is 0 Å². The lowest BCUT2D eigenvalue weighted by atomic mass is 9.95. The molecule has 0 aromatic heterocycles. The lowest BCUT2D eigenvalue weighted by Gasteiger charge is -2.35. The Bertz CT molecular complexity index is 384. The van der Waals surface area contributed by atoms with Crippen molar-refractivity contribution in [2.24, 2.45) is 5.92 Å². The number of piperidine rings is 1. The topological polar surface area (TPSA) is 15.3 Å². The van der Waals surface area contributed by atoms with Crippen molar-refractivity contribution in [1.29, 1.82) is 0 Å². The van der Waals surface area contributed by atoms with Gasteiger partial charge in [-0.1, -0.05) is 26.0 Å². The molecule has 1 N–H and O–H groups in total. The van der Waals surface area contributed by atoms with Crippen molar-refractivity contribution >= 4 is 0 Å². The standard InChI is InChI=1S/C17H27FN2/c1-3-17(15-5-7-16(18)8-6-15)20(4-2)13-14-9-11-19-12-10-14/h5-8,14,17,19H,3-4,9-13H2,1-2H3.